The molecule has 0 bridgehead atoms. The smallest absolute Gasteiger partial charge is 0.405 e. The highest BCUT2D eigenvalue weighted by Gasteiger charge is 2.17. The predicted molar refractivity (Wildman–Crippen MR) is 42.7 cm³/mol. The summed E-state index contributed by atoms with van der Waals surface area (Å²) in [6.45, 7) is 1.51. The monoisotopic (exact) mass is 164 g/mol. The van der Waals surface area contributed by atoms with Gasteiger partial charge in [-0.1, -0.05) is 4.98 Å². The van der Waals surface area contributed by atoms with Crippen molar-refractivity contribution in [2.24, 2.45) is 0 Å². The van der Waals surface area contributed by atoms with Gasteiger partial charge in [0.05, 0.1) is 5.59 Å². The van der Waals surface area contributed by atoms with Gasteiger partial charge in [0, 0.05) is 5.56 Å². The Morgan fingerprint density at radius 1 is 1.75 bits per heavy atom. The van der Waals surface area contributed by atoms with E-state index in [0.717, 1.165) is 0 Å². The van der Waals surface area contributed by atoms with E-state index in [1.807, 2.05) is 0 Å². The maximum atomic E-state index is 10.3. The lowest BCUT2D eigenvalue weighted by Crippen LogP contribution is -2.11. The first-order chi connectivity index (χ1) is 5.52. The van der Waals surface area contributed by atoms with Crippen molar-refractivity contribution in [3.63, 3.8) is 0 Å². The van der Waals surface area contributed by atoms with Crippen LogP contribution < -0.4 is 5.59 Å². The van der Waals surface area contributed by atoms with E-state index in [9.17, 15) is 10.1 Å². The second kappa shape index (κ2) is 2.81. The summed E-state index contributed by atoms with van der Waals surface area (Å²) in [5, 5.41) is 19.4. The Bertz CT molecular complexity index is 340. The van der Waals surface area contributed by atoms with Crippen molar-refractivity contribution in [3.05, 3.63) is 21.7 Å². The molecule has 0 saturated heterocycles. The fraction of sp³-hybridized carbons (Fsp3) is 0.167. The average molecular weight is 164 g/mol. The number of hydrogen-bond donors (Lipinski definition) is 1. The van der Waals surface area contributed by atoms with E-state index < -0.39 is 16.5 Å². The summed E-state index contributed by atoms with van der Waals surface area (Å²) < 4.78 is 0. The number of aryl methyl sites for hydroxylation is 1. The zero-order valence-corrected chi connectivity index (χ0v) is 6.31. The highest BCUT2D eigenvalue weighted by molar-refractivity contribution is 6.30. The van der Waals surface area contributed by atoms with Gasteiger partial charge in [-0.2, -0.15) is 0 Å². The Labute approximate surface area is 69.6 Å². The lowest BCUT2D eigenvalue weighted by atomic mass is 10.0. The molecule has 0 atom stereocenters. The molecule has 0 amide bonds. The van der Waals surface area contributed by atoms with Gasteiger partial charge in [-0.3, -0.25) is 0 Å². The van der Waals surface area contributed by atoms with E-state index in [1.54, 1.807) is 0 Å². The highest BCUT2D eigenvalue weighted by atomic mass is 16.6. The van der Waals surface area contributed by atoms with E-state index in [1.165, 1.54) is 13.0 Å². The average Bonchev–Trinajstić information content (AvgIpc) is 1.96. The van der Waals surface area contributed by atoms with Crippen LogP contribution in [0.3, 0.4) is 0 Å². The Morgan fingerprint density at radius 2 is 2.33 bits per heavy atom. The van der Waals surface area contributed by atoms with Crippen LogP contribution in [0.25, 0.3) is 0 Å². The number of aromatic nitrogens is 1. The molecule has 0 aromatic carbocycles. The molecule has 1 heterocycles. The Hall–Kier alpha value is -1.59. The first-order valence-electron chi connectivity index (χ1n) is 3.13. The first-order valence-corrected chi connectivity index (χ1v) is 3.13. The molecule has 1 rings (SSSR count). The normalized spacial score (nSPS) is 9.75. The van der Waals surface area contributed by atoms with Crippen LogP contribution in [0, 0.1) is 17.0 Å². The number of hydrogen-bond acceptors (Lipinski definition) is 4. The van der Waals surface area contributed by atoms with Gasteiger partial charge in [-0.25, -0.2) is 0 Å². The molecule has 5 nitrogen and oxygen atoms in total. The van der Waals surface area contributed by atoms with Crippen molar-refractivity contribution in [1.29, 1.82) is 0 Å². The first kappa shape index (κ1) is 8.51. The molecule has 1 aromatic heterocycles. The van der Waals surface area contributed by atoms with Crippen LogP contribution in [0.4, 0.5) is 5.82 Å². The van der Waals surface area contributed by atoms with Crippen LogP contribution in [0.1, 0.15) is 5.56 Å². The fourth-order valence-electron chi connectivity index (χ4n) is 0.801. The SMILES string of the molecule is [B]c1cc(C)c(O)c([N+](=O)[O-])n1. The van der Waals surface area contributed by atoms with Crippen LogP contribution >= 0.6 is 0 Å². The Balaban J connectivity index is 3.37. The van der Waals surface area contributed by atoms with Crippen molar-refractivity contribution in [1.82, 2.24) is 4.98 Å². The number of nitro groups is 1. The summed E-state index contributed by atoms with van der Waals surface area (Å²) in [7, 11) is 5.24. The Kier molecular flexibility index (Phi) is 1.99. The number of nitrogens with zero attached hydrogens (tertiary/aromatic N) is 2. The number of aromatic hydroxyl groups is 1. The molecular weight excluding hydrogens is 159 g/mol. The topological polar surface area (TPSA) is 76.3 Å². The summed E-state index contributed by atoms with van der Waals surface area (Å²) in [5.41, 5.74) is 0.367. The van der Waals surface area contributed by atoms with Gasteiger partial charge in [-0.05, 0) is 17.9 Å². The van der Waals surface area contributed by atoms with Crippen molar-refractivity contribution < 1.29 is 10.0 Å². The highest BCUT2D eigenvalue weighted by Crippen LogP contribution is 2.24. The second-order valence-corrected chi connectivity index (χ2v) is 2.29. The van der Waals surface area contributed by atoms with Crippen LogP contribution in [-0.2, 0) is 0 Å². The molecular formula is C6H5BN2O3. The van der Waals surface area contributed by atoms with Crippen LogP contribution in [0.15, 0.2) is 6.07 Å². The molecule has 0 aliphatic carbocycles. The van der Waals surface area contributed by atoms with Gasteiger partial charge >= 0.3 is 5.82 Å². The third-order valence-corrected chi connectivity index (χ3v) is 1.36. The summed E-state index contributed by atoms with van der Waals surface area (Å²) in [6, 6.07) is 1.36. The van der Waals surface area contributed by atoms with E-state index in [4.69, 9.17) is 13.0 Å². The number of rotatable bonds is 1. The third kappa shape index (κ3) is 1.36. The molecule has 60 valence electrons. The quantitative estimate of drug-likeness (QED) is 0.354. The van der Waals surface area contributed by atoms with Gasteiger partial charge in [0.2, 0.25) is 5.75 Å². The lowest BCUT2D eigenvalue weighted by Gasteiger charge is -1.99. The summed E-state index contributed by atoms with van der Waals surface area (Å²) in [5.74, 6) is -1.04. The van der Waals surface area contributed by atoms with E-state index >= 15 is 0 Å². The maximum absolute atomic E-state index is 10.3. The van der Waals surface area contributed by atoms with Crippen molar-refractivity contribution in [2.75, 3.05) is 0 Å². The van der Waals surface area contributed by atoms with Gasteiger partial charge in [0.25, 0.3) is 0 Å². The summed E-state index contributed by atoms with van der Waals surface area (Å²) in [6.07, 6.45) is 0. The molecule has 0 spiro atoms. The summed E-state index contributed by atoms with van der Waals surface area (Å²) >= 11 is 0. The predicted octanol–water partition coefficient (Wildman–Crippen LogP) is -0.202. The third-order valence-electron chi connectivity index (χ3n) is 1.36. The van der Waals surface area contributed by atoms with Gasteiger partial charge in [-0.15, -0.1) is 0 Å². The zero-order valence-electron chi connectivity index (χ0n) is 6.31. The van der Waals surface area contributed by atoms with Gasteiger partial charge < -0.3 is 15.2 Å². The minimum Gasteiger partial charge on any atom is -0.501 e. The molecule has 12 heavy (non-hydrogen) atoms. The van der Waals surface area contributed by atoms with Crippen LogP contribution in [0.5, 0.6) is 5.75 Å². The molecule has 1 aromatic rings. The molecule has 0 unspecified atom stereocenters. The molecule has 0 aliphatic heterocycles. The largest absolute Gasteiger partial charge is 0.501 e. The zero-order chi connectivity index (χ0) is 9.30. The van der Waals surface area contributed by atoms with E-state index in [2.05, 4.69) is 4.98 Å². The number of pyridine rings is 1. The molecule has 1 N–H and O–H groups in total. The molecule has 2 radical (unpaired) electrons. The minimum atomic E-state index is -0.779. The van der Waals surface area contributed by atoms with E-state index in [0.29, 0.717) is 5.56 Å². The van der Waals surface area contributed by atoms with Crippen molar-refractivity contribution >= 4 is 19.3 Å². The maximum Gasteiger partial charge on any atom is 0.405 e. The minimum absolute atomic E-state index is 0.0250. The second-order valence-electron chi connectivity index (χ2n) is 2.29. The molecule has 0 saturated carbocycles. The van der Waals surface area contributed by atoms with Crippen LogP contribution in [0.2, 0.25) is 0 Å². The fourth-order valence-corrected chi connectivity index (χ4v) is 0.801. The van der Waals surface area contributed by atoms with Gasteiger partial charge in [0.1, 0.15) is 0 Å². The summed E-state index contributed by atoms with van der Waals surface area (Å²) in [4.78, 5) is 12.8. The van der Waals surface area contributed by atoms with Crippen molar-refractivity contribution in [2.45, 2.75) is 6.92 Å². The molecule has 6 heteroatoms. The standard InChI is InChI=1S/C6H5BN2O3/c1-3-2-4(7)8-6(5(3)10)9(11)12/h2,10H,1H3. The van der Waals surface area contributed by atoms with Gasteiger partial charge in [0.15, 0.2) is 7.85 Å². The molecule has 0 aliphatic rings. The van der Waals surface area contributed by atoms with E-state index in [-0.39, 0.29) is 5.59 Å². The Morgan fingerprint density at radius 3 is 2.83 bits per heavy atom. The molecule has 0 fully saturated rings. The van der Waals surface area contributed by atoms with Crippen LogP contribution in [-0.4, -0.2) is 22.9 Å². The van der Waals surface area contributed by atoms with Crippen molar-refractivity contribution in [3.8, 4) is 5.75 Å². The lowest BCUT2D eigenvalue weighted by molar-refractivity contribution is -0.390.